The van der Waals surface area contributed by atoms with E-state index in [1.165, 1.54) is 12.1 Å². The molecule has 1 aliphatic rings. The molecule has 0 aliphatic carbocycles. The van der Waals surface area contributed by atoms with E-state index in [0.717, 1.165) is 11.8 Å². The molecule has 10 heteroatoms. The molecule has 1 amide bonds. The molecule has 0 radical (unpaired) electrons. The third kappa shape index (κ3) is 6.22. The van der Waals surface area contributed by atoms with Crippen LogP contribution in [0, 0.1) is 5.92 Å². The smallest absolute Gasteiger partial charge is 0.275 e. The van der Waals surface area contributed by atoms with Crippen LogP contribution in [0.1, 0.15) is 12.5 Å². The van der Waals surface area contributed by atoms with Gasteiger partial charge in [-0.2, -0.15) is 13.4 Å². The van der Waals surface area contributed by atoms with Gasteiger partial charge in [0.25, 0.3) is 16.0 Å². The minimum absolute atomic E-state index is 0.206. The molecule has 2 rings (SSSR count). The van der Waals surface area contributed by atoms with Crippen LogP contribution in [0.4, 0.5) is 0 Å². The Hall–Kier alpha value is -2.04. The molecule has 0 fully saturated rings. The molecule has 0 bridgehead atoms. The average Bonchev–Trinajstić information content (AvgIpc) is 2.63. The zero-order chi connectivity index (χ0) is 18.7. The fraction of sp³-hybridized carbons (Fsp3) is 0.286. The lowest BCUT2D eigenvalue weighted by Crippen LogP contribution is -2.17. The van der Waals surface area contributed by atoms with Crippen molar-refractivity contribution in [3.63, 3.8) is 0 Å². The third-order valence-electron chi connectivity index (χ3n) is 3.02. The summed E-state index contributed by atoms with van der Waals surface area (Å²) in [4.78, 5) is 15.5. The molecule has 1 atom stereocenters. The Labute approximate surface area is 140 Å². The number of carbonyl (C=O) groups is 1. The molecule has 132 valence electrons. The summed E-state index contributed by atoms with van der Waals surface area (Å²) in [6, 6.07) is 6.32. The molecular formula is C14H18N2O6S2. The maximum absolute atomic E-state index is 11.6. The van der Waals surface area contributed by atoms with Gasteiger partial charge >= 0.3 is 0 Å². The van der Waals surface area contributed by atoms with Crippen molar-refractivity contribution in [1.82, 2.24) is 0 Å². The highest BCUT2D eigenvalue weighted by Gasteiger charge is 2.26. The number of rotatable bonds is 2. The summed E-state index contributed by atoms with van der Waals surface area (Å²) in [5.74, 6) is -0.233. The van der Waals surface area contributed by atoms with Gasteiger partial charge in [0.05, 0.1) is 11.2 Å². The summed E-state index contributed by atoms with van der Waals surface area (Å²) in [7, 11) is -6.87. The Morgan fingerprint density at radius 3 is 1.92 bits per heavy atom. The molecule has 0 saturated carbocycles. The highest BCUT2D eigenvalue weighted by molar-refractivity contribution is 7.90. The number of sulfone groups is 1. The van der Waals surface area contributed by atoms with E-state index in [1.54, 1.807) is 25.1 Å². The lowest BCUT2D eigenvalue weighted by atomic mass is 10.00. The van der Waals surface area contributed by atoms with Gasteiger partial charge in [0.2, 0.25) is 0 Å². The molecular weight excluding hydrogens is 356 g/mol. The Morgan fingerprint density at radius 2 is 1.58 bits per heavy atom. The van der Waals surface area contributed by atoms with E-state index >= 15 is 0 Å². The van der Waals surface area contributed by atoms with E-state index in [-0.39, 0.29) is 16.7 Å². The van der Waals surface area contributed by atoms with E-state index in [0.29, 0.717) is 17.7 Å². The Morgan fingerprint density at radius 1 is 1.12 bits per heavy atom. The summed E-state index contributed by atoms with van der Waals surface area (Å²) >= 11 is 0. The van der Waals surface area contributed by atoms with Gasteiger partial charge in [0.15, 0.2) is 9.84 Å². The quantitative estimate of drug-likeness (QED) is 0.567. The third-order valence-corrected chi connectivity index (χ3v) is 4.15. The van der Waals surface area contributed by atoms with Crippen molar-refractivity contribution < 1.29 is 26.2 Å². The number of amides is 1. The van der Waals surface area contributed by atoms with Gasteiger partial charge in [-0.3, -0.25) is 9.35 Å². The number of benzene rings is 1. The second-order valence-corrected chi connectivity index (χ2v) is 8.72. The van der Waals surface area contributed by atoms with Crippen LogP contribution in [0.2, 0.25) is 0 Å². The second kappa shape index (κ2) is 7.24. The zero-order valence-corrected chi connectivity index (χ0v) is 14.9. The standard InChI is InChI=1S/C13H14N2O3S.CH4O3S/c1-8-11(13(16)15-12(8)14)7-9-3-5-10(6-4-9)19(2,17)18;1-5(2,3)4/h3-8H,1-2H3,(H2,14,15,16);1H3,(H,2,3,4)/b11-7-;. The molecule has 1 aromatic rings. The van der Waals surface area contributed by atoms with Crippen molar-refractivity contribution in [2.75, 3.05) is 12.5 Å². The molecule has 8 nitrogen and oxygen atoms in total. The van der Waals surface area contributed by atoms with Crippen molar-refractivity contribution >= 4 is 37.8 Å². The number of hydrogen-bond acceptors (Lipinski definition) is 6. The first-order chi connectivity index (χ1) is 10.8. The summed E-state index contributed by atoms with van der Waals surface area (Å²) in [6.45, 7) is 1.81. The number of aliphatic imine (C=N–C) groups is 1. The average molecular weight is 374 g/mol. The van der Waals surface area contributed by atoms with Gasteiger partial charge in [-0.1, -0.05) is 19.1 Å². The first-order valence-electron chi connectivity index (χ1n) is 6.61. The molecule has 1 aromatic carbocycles. The van der Waals surface area contributed by atoms with Crippen LogP contribution in [0.3, 0.4) is 0 Å². The monoisotopic (exact) mass is 374 g/mol. The number of carbonyl (C=O) groups excluding carboxylic acids is 1. The van der Waals surface area contributed by atoms with Crippen molar-refractivity contribution in [3.8, 4) is 0 Å². The van der Waals surface area contributed by atoms with Crippen LogP contribution in [-0.2, 0) is 24.7 Å². The predicted octanol–water partition coefficient (Wildman–Crippen LogP) is 0.511. The van der Waals surface area contributed by atoms with Crippen LogP contribution in [-0.4, -0.2) is 45.6 Å². The molecule has 0 aromatic heterocycles. The summed E-state index contributed by atoms with van der Waals surface area (Å²) in [5.41, 5.74) is 6.86. The fourth-order valence-corrected chi connectivity index (χ4v) is 2.43. The van der Waals surface area contributed by atoms with Crippen molar-refractivity contribution in [1.29, 1.82) is 0 Å². The van der Waals surface area contributed by atoms with Crippen molar-refractivity contribution in [3.05, 3.63) is 35.4 Å². The van der Waals surface area contributed by atoms with Crippen LogP contribution in [0.5, 0.6) is 0 Å². The highest BCUT2D eigenvalue weighted by Crippen LogP contribution is 2.23. The van der Waals surface area contributed by atoms with Crippen LogP contribution < -0.4 is 5.73 Å². The maximum Gasteiger partial charge on any atom is 0.275 e. The minimum atomic E-state index is -3.67. The fourth-order valence-electron chi connectivity index (χ4n) is 1.80. The van der Waals surface area contributed by atoms with Crippen LogP contribution >= 0.6 is 0 Å². The minimum Gasteiger partial charge on any atom is -0.387 e. The van der Waals surface area contributed by atoms with E-state index in [1.807, 2.05) is 0 Å². The SMILES string of the molecule is CC1C(N)=NC(=O)/C1=C\c1ccc(S(C)(=O)=O)cc1.CS(=O)(=O)O. The first-order valence-corrected chi connectivity index (χ1v) is 10.4. The van der Waals surface area contributed by atoms with Gasteiger partial charge in [-0.25, -0.2) is 8.42 Å². The highest BCUT2D eigenvalue weighted by atomic mass is 32.2. The molecule has 0 saturated heterocycles. The lowest BCUT2D eigenvalue weighted by molar-refractivity contribution is -0.114. The Bertz CT molecular complexity index is 889. The molecule has 0 spiro atoms. The summed E-state index contributed by atoms with van der Waals surface area (Å²) in [6.07, 6.45) is 3.55. The molecule has 24 heavy (non-hydrogen) atoms. The molecule has 3 N–H and O–H groups in total. The zero-order valence-electron chi connectivity index (χ0n) is 13.3. The number of nitrogens with zero attached hydrogens (tertiary/aromatic N) is 1. The topological polar surface area (TPSA) is 144 Å². The summed E-state index contributed by atoms with van der Waals surface area (Å²) in [5, 5.41) is 0. The first kappa shape index (κ1) is 20.0. The van der Waals surface area contributed by atoms with E-state index in [2.05, 4.69) is 4.99 Å². The normalized spacial score (nSPS) is 19.7. The van der Waals surface area contributed by atoms with Crippen LogP contribution in [0.15, 0.2) is 39.7 Å². The second-order valence-electron chi connectivity index (χ2n) is 5.24. The largest absolute Gasteiger partial charge is 0.387 e. The molecule has 1 aliphatic heterocycles. The van der Waals surface area contributed by atoms with Gasteiger partial charge in [0.1, 0.15) is 5.84 Å². The number of nitrogens with two attached hydrogens (primary N) is 1. The van der Waals surface area contributed by atoms with E-state index in [9.17, 15) is 21.6 Å². The van der Waals surface area contributed by atoms with E-state index in [4.69, 9.17) is 10.3 Å². The lowest BCUT2D eigenvalue weighted by Gasteiger charge is -2.04. The molecule has 1 heterocycles. The van der Waals surface area contributed by atoms with Crippen molar-refractivity contribution in [2.45, 2.75) is 11.8 Å². The van der Waals surface area contributed by atoms with Gasteiger partial charge in [0, 0.05) is 17.7 Å². The Balaban J connectivity index is 0.000000505. The number of hydrogen-bond donors (Lipinski definition) is 2. The van der Waals surface area contributed by atoms with Crippen molar-refractivity contribution in [2.24, 2.45) is 16.6 Å². The Kier molecular flexibility index (Phi) is 6.04. The van der Waals surface area contributed by atoms with Gasteiger partial charge < -0.3 is 5.73 Å². The summed E-state index contributed by atoms with van der Waals surface area (Å²) < 4.78 is 48.5. The van der Waals surface area contributed by atoms with Gasteiger partial charge in [-0.05, 0) is 23.8 Å². The number of amidine groups is 1. The molecule has 1 unspecified atom stereocenters. The maximum atomic E-state index is 11.6. The predicted molar refractivity (Wildman–Crippen MR) is 90.8 cm³/mol. The van der Waals surface area contributed by atoms with Crippen LogP contribution in [0.25, 0.3) is 6.08 Å². The van der Waals surface area contributed by atoms with Gasteiger partial charge in [-0.15, -0.1) is 0 Å². The van der Waals surface area contributed by atoms with E-state index < -0.39 is 20.0 Å².